The van der Waals surface area contributed by atoms with Crippen LogP contribution in [0, 0.1) is 0 Å². The summed E-state index contributed by atoms with van der Waals surface area (Å²) in [6, 6.07) is 19.3. The number of para-hydroxylation sites is 2. The predicted octanol–water partition coefficient (Wildman–Crippen LogP) is 4.94. The highest BCUT2D eigenvalue weighted by Gasteiger charge is 2.09. The Morgan fingerprint density at radius 3 is 2.68 bits per heavy atom. The minimum atomic E-state index is -0.121. The molecule has 4 rings (SSSR count). The molecule has 0 spiro atoms. The van der Waals surface area contributed by atoms with Crippen LogP contribution in [0.3, 0.4) is 0 Å². The lowest BCUT2D eigenvalue weighted by molar-refractivity contribution is 0.478. The zero-order valence-electron chi connectivity index (χ0n) is 15.4. The Hall–Kier alpha value is -2.64. The van der Waals surface area contributed by atoms with Crippen molar-refractivity contribution in [2.45, 2.75) is 24.9 Å². The topological polar surface area (TPSA) is 56.5 Å². The van der Waals surface area contributed by atoms with Crippen LogP contribution in [0.1, 0.15) is 23.2 Å². The zero-order valence-corrected chi connectivity index (χ0v) is 17.0. The number of aryl methyl sites for hydroxylation is 1. The fourth-order valence-corrected chi connectivity index (χ4v) is 4.49. The first kappa shape index (κ1) is 18.7. The lowest BCUT2D eigenvalue weighted by Gasteiger charge is -2.11. The van der Waals surface area contributed by atoms with Crippen LogP contribution in [-0.2, 0) is 17.9 Å². The van der Waals surface area contributed by atoms with Crippen molar-refractivity contribution in [3.8, 4) is 11.5 Å². The third-order valence-electron chi connectivity index (χ3n) is 4.09. The van der Waals surface area contributed by atoms with Crippen LogP contribution in [0.2, 0.25) is 0 Å². The average Bonchev–Trinajstić information content (AvgIpc) is 3.14. The summed E-state index contributed by atoms with van der Waals surface area (Å²) in [4.78, 5) is 17.5. The second kappa shape index (κ2) is 8.58. The molecule has 0 saturated carbocycles. The molecule has 0 bridgehead atoms. The third-order valence-corrected chi connectivity index (χ3v) is 6.16. The maximum absolute atomic E-state index is 12.3. The second-order valence-electron chi connectivity index (χ2n) is 6.15. The summed E-state index contributed by atoms with van der Waals surface area (Å²) in [6.45, 7) is 2.02. The van der Waals surface area contributed by atoms with Crippen molar-refractivity contribution in [1.82, 2.24) is 14.6 Å². The maximum Gasteiger partial charge on any atom is 0.275 e. The SMILES string of the molecule is CCc1nn2c(=O)cc(CSCc3ccccc3Oc3ccccc3)nc2s1. The Bertz CT molecular complexity index is 1140. The van der Waals surface area contributed by atoms with Crippen molar-refractivity contribution in [1.29, 1.82) is 0 Å². The van der Waals surface area contributed by atoms with E-state index in [4.69, 9.17) is 4.74 Å². The number of nitrogens with zero attached hydrogens (tertiary/aromatic N) is 3. The number of aromatic nitrogens is 3. The van der Waals surface area contributed by atoms with E-state index in [0.717, 1.165) is 39.9 Å². The molecular formula is C21H19N3O2S2. The molecule has 0 unspecified atom stereocenters. The second-order valence-corrected chi connectivity index (χ2v) is 8.17. The van der Waals surface area contributed by atoms with E-state index < -0.39 is 0 Å². The van der Waals surface area contributed by atoms with Gasteiger partial charge in [0.2, 0.25) is 4.96 Å². The van der Waals surface area contributed by atoms with E-state index in [-0.39, 0.29) is 5.56 Å². The molecule has 0 radical (unpaired) electrons. The van der Waals surface area contributed by atoms with Crippen molar-refractivity contribution >= 4 is 28.1 Å². The normalized spacial score (nSPS) is 11.0. The molecule has 28 heavy (non-hydrogen) atoms. The third kappa shape index (κ3) is 4.26. The molecule has 5 nitrogen and oxygen atoms in total. The van der Waals surface area contributed by atoms with E-state index in [1.54, 1.807) is 17.8 Å². The van der Waals surface area contributed by atoms with Gasteiger partial charge in [-0.1, -0.05) is 54.7 Å². The first-order valence-corrected chi connectivity index (χ1v) is 11.0. The molecule has 0 atom stereocenters. The molecule has 4 aromatic rings. The van der Waals surface area contributed by atoms with E-state index >= 15 is 0 Å². The molecule has 0 aliphatic carbocycles. The van der Waals surface area contributed by atoms with Crippen molar-refractivity contribution in [3.63, 3.8) is 0 Å². The number of fused-ring (bicyclic) bond motifs is 1. The lowest BCUT2D eigenvalue weighted by atomic mass is 10.2. The van der Waals surface area contributed by atoms with Gasteiger partial charge in [0.15, 0.2) is 0 Å². The number of thioether (sulfide) groups is 1. The summed E-state index contributed by atoms with van der Waals surface area (Å²) in [7, 11) is 0. The van der Waals surface area contributed by atoms with Crippen LogP contribution >= 0.6 is 23.1 Å². The fraction of sp³-hybridized carbons (Fsp3) is 0.190. The van der Waals surface area contributed by atoms with Crippen LogP contribution in [-0.4, -0.2) is 14.6 Å². The Labute approximate surface area is 171 Å². The number of hydrogen-bond acceptors (Lipinski definition) is 6. The van der Waals surface area contributed by atoms with Gasteiger partial charge in [-0.15, -0.1) is 0 Å². The Morgan fingerprint density at radius 1 is 1.07 bits per heavy atom. The van der Waals surface area contributed by atoms with Crippen LogP contribution in [0.25, 0.3) is 4.96 Å². The quantitative estimate of drug-likeness (QED) is 0.433. The molecule has 2 aromatic heterocycles. The zero-order chi connectivity index (χ0) is 19.3. The average molecular weight is 410 g/mol. The Balaban J connectivity index is 1.46. The summed E-state index contributed by atoms with van der Waals surface area (Å²) < 4.78 is 7.40. The molecule has 0 aliphatic rings. The highest BCUT2D eigenvalue weighted by molar-refractivity contribution is 7.97. The van der Waals surface area contributed by atoms with Gasteiger partial charge in [0.25, 0.3) is 5.56 Å². The van der Waals surface area contributed by atoms with E-state index in [1.807, 2.05) is 55.5 Å². The summed E-state index contributed by atoms with van der Waals surface area (Å²) in [6.07, 6.45) is 0.801. The van der Waals surface area contributed by atoms with E-state index in [9.17, 15) is 4.79 Å². The van der Waals surface area contributed by atoms with E-state index in [2.05, 4.69) is 16.1 Å². The molecule has 7 heteroatoms. The molecule has 0 N–H and O–H groups in total. The minimum Gasteiger partial charge on any atom is -0.457 e. The van der Waals surface area contributed by atoms with Gasteiger partial charge in [-0.25, -0.2) is 4.98 Å². The Kier molecular flexibility index (Phi) is 5.73. The minimum absolute atomic E-state index is 0.121. The number of benzene rings is 2. The Morgan fingerprint density at radius 2 is 1.86 bits per heavy atom. The van der Waals surface area contributed by atoms with Crippen LogP contribution in [0.5, 0.6) is 11.5 Å². The summed E-state index contributed by atoms with van der Waals surface area (Å²) in [5.41, 5.74) is 1.77. The summed E-state index contributed by atoms with van der Waals surface area (Å²) in [5, 5.41) is 5.21. The monoisotopic (exact) mass is 409 g/mol. The van der Waals surface area contributed by atoms with Gasteiger partial charge in [-0.3, -0.25) is 4.79 Å². The van der Waals surface area contributed by atoms with Gasteiger partial charge in [0.05, 0.1) is 5.69 Å². The van der Waals surface area contributed by atoms with Crippen molar-refractivity contribution in [2.24, 2.45) is 0 Å². The van der Waals surface area contributed by atoms with Gasteiger partial charge in [0.1, 0.15) is 16.5 Å². The number of ether oxygens (including phenoxy) is 1. The lowest BCUT2D eigenvalue weighted by Crippen LogP contribution is -2.15. The van der Waals surface area contributed by atoms with Crippen LogP contribution in [0.15, 0.2) is 65.5 Å². The van der Waals surface area contributed by atoms with Crippen molar-refractivity contribution in [3.05, 3.63) is 87.3 Å². The summed E-state index contributed by atoms with van der Waals surface area (Å²) >= 11 is 3.18. The first-order chi connectivity index (χ1) is 13.7. The molecule has 0 saturated heterocycles. The van der Waals surface area contributed by atoms with Crippen LogP contribution < -0.4 is 10.3 Å². The van der Waals surface area contributed by atoms with Gasteiger partial charge < -0.3 is 4.74 Å². The van der Waals surface area contributed by atoms with Crippen molar-refractivity contribution < 1.29 is 4.74 Å². The summed E-state index contributed by atoms with van der Waals surface area (Å²) in [5.74, 6) is 3.09. The smallest absolute Gasteiger partial charge is 0.275 e. The largest absolute Gasteiger partial charge is 0.457 e. The van der Waals surface area contributed by atoms with Gasteiger partial charge in [0, 0.05) is 23.1 Å². The van der Waals surface area contributed by atoms with Gasteiger partial charge >= 0.3 is 0 Å². The predicted molar refractivity (Wildman–Crippen MR) is 114 cm³/mol. The molecular weight excluding hydrogens is 390 g/mol. The van der Waals surface area contributed by atoms with Crippen molar-refractivity contribution in [2.75, 3.05) is 0 Å². The molecule has 142 valence electrons. The van der Waals surface area contributed by atoms with E-state index in [1.165, 1.54) is 15.9 Å². The van der Waals surface area contributed by atoms with Gasteiger partial charge in [-0.2, -0.15) is 21.4 Å². The molecule has 0 aliphatic heterocycles. The van der Waals surface area contributed by atoms with E-state index in [0.29, 0.717) is 10.7 Å². The number of hydrogen-bond donors (Lipinski definition) is 0. The fourth-order valence-electron chi connectivity index (χ4n) is 2.72. The molecule has 0 fully saturated rings. The number of rotatable bonds is 7. The molecule has 0 amide bonds. The molecule has 2 aromatic carbocycles. The van der Waals surface area contributed by atoms with Gasteiger partial charge in [-0.05, 0) is 24.6 Å². The molecule has 2 heterocycles. The highest BCUT2D eigenvalue weighted by Crippen LogP contribution is 2.29. The maximum atomic E-state index is 12.3. The van der Waals surface area contributed by atoms with Crippen LogP contribution in [0.4, 0.5) is 0 Å². The standard InChI is InChI=1S/C21H19N3O2S2/c1-2-19-23-24-20(25)12-16(22-21(24)28-19)14-27-13-15-8-6-7-11-18(15)26-17-9-4-3-5-10-17/h3-12H,2,13-14H2,1H3. The first-order valence-electron chi connectivity index (χ1n) is 9.00. The highest BCUT2D eigenvalue weighted by atomic mass is 32.2.